The Balaban J connectivity index is 1.48. The summed E-state index contributed by atoms with van der Waals surface area (Å²) in [6.07, 6.45) is 0. The maximum Gasteiger partial charge on any atom is 0.255 e. The molecule has 7 nitrogen and oxygen atoms in total. The zero-order valence-corrected chi connectivity index (χ0v) is 22.1. The van der Waals surface area contributed by atoms with Gasteiger partial charge < -0.3 is 10.1 Å². The Morgan fingerprint density at radius 1 is 0.949 bits per heavy atom. The molecule has 198 valence electrons. The van der Waals surface area contributed by atoms with Gasteiger partial charge in [-0.05, 0) is 71.6 Å². The lowest BCUT2D eigenvalue weighted by Crippen LogP contribution is -2.27. The number of nitriles is 1. The summed E-state index contributed by atoms with van der Waals surface area (Å²) in [5.41, 5.74) is 2.44. The average Bonchev–Trinajstić information content (AvgIpc) is 2.94. The largest absolute Gasteiger partial charge is 0.455 e. The van der Waals surface area contributed by atoms with Crippen molar-refractivity contribution < 1.29 is 22.3 Å². The number of sulfonamides is 1. The Bertz CT molecular complexity index is 1630. The second-order valence-electron chi connectivity index (χ2n) is 9.18. The topological polar surface area (TPSA) is 108 Å². The number of rotatable bonds is 9. The van der Waals surface area contributed by atoms with Crippen molar-refractivity contribution in [2.45, 2.75) is 18.7 Å². The van der Waals surface area contributed by atoms with Crippen LogP contribution in [-0.4, -0.2) is 20.9 Å². The first kappa shape index (κ1) is 27.5. The molecule has 0 aliphatic heterocycles. The van der Waals surface area contributed by atoms with Crippen molar-refractivity contribution in [1.29, 1.82) is 5.26 Å². The summed E-state index contributed by atoms with van der Waals surface area (Å²) in [5, 5.41) is 11.8. The van der Waals surface area contributed by atoms with E-state index in [9.17, 15) is 17.6 Å². The van der Waals surface area contributed by atoms with Gasteiger partial charge in [0, 0.05) is 18.2 Å². The van der Waals surface area contributed by atoms with Crippen LogP contribution in [-0.2, 0) is 10.0 Å². The zero-order valence-electron chi connectivity index (χ0n) is 21.3. The van der Waals surface area contributed by atoms with E-state index >= 15 is 0 Å². The van der Waals surface area contributed by atoms with E-state index in [1.54, 1.807) is 54.6 Å². The van der Waals surface area contributed by atoms with E-state index in [1.165, 1.54) is 30.3 Å². The summed E-state index contributed by atoms with van der Waals surface area (Å²) in [6.45, 7) is 4.21. The fraction of sp³-hybridized carbons (Fsp3) is 0.133. The van der Waals surface area contributed by atoms with Gasteiger partial charge in [-0.3, -0.25) is 4.79 Å². The maximum absolute atomic E-state index is 14.0. The van der Waals surface area contributed by atoms with Crippen LogP contribution in [0.2, 0.25) is 0 Å². The molecule has 0 aliphatic rings. The molecule has 0 aliphatic carbocycles. The Morgan fingerprint density at radius 2 is 1.62 bits per heavy atom. The molecule has 0 radical (unpaired) electrons. The van der Waals surface area contributed by atoms with E-state index in [0.717, 1.165) is 17.2 Å². The van der Waals surface area contributed by atoms with Gasteiger partial charge >= 0.3 is 0 Å². The minimum Gasteiger partial charge on any atom is -0.455 e. The summed E-state index contributed by atoms with van der Waals surface area (Å²) in [7, 11) is -3.59. The number of anilines is 1. The van der Waals surface area contributed by atoms with Crippen molar-refractivity contribution in [1.82, 2.24) is 4.72 Å². The number of hydrogen-bond acceptors (Lipinski definition) is 5. The number of carbonyl (C=O) groups is 1. The van der Waals surface area contributed by atoms with Crippen LogP contribution in [0.15, 0.2) is 95.9 Å². The fourth-order valence-corrected chi connectivity index (χ4v) is 4.85. The SMILES string of the molecule is CC(C)CNS(=O)(=O)c1ccc(-c2ccc(C(=O)Nc3cc(F)ccc3Oc3cccc(C#N)c3)cc2)cc1. The van der Waals surface area contributed by atoms with Crippen LogP contribution in [0.25, 0.3) is 11.1 Å². The number of halogens is 1. The smallest absolute Gasteiger partial charge is 0.255 e. The van der Waals surface area contributed by atoms with E-state index in [-0.39, 0.29) is 22.3 Å². The van der Waals surface area contributed by atoms with Crippen molar-refractivity contribution in [2.24, 2.45) is 5.92 Å². The fourth-order valence-electron chi connectivity index (χ4n) is 3.64. The minimum absolute atomic E-state index is 0.134. The molecule has 0 atom stereocenters. The highest BCUT2D eigenvalue weighted by Gasteiger charge is 2.15. The lowest BCUT2D eigenvalue weighted by Gasteiger charge is -2.13. The number of hydrogen-bond donors (Lipinski definition) is 2. The van der Waals surface area contributed by atoms with Crippen LogP contribution in [0, 0.1) is 23.1 Å². The molecule has 0 saturated carbocycles. The number of carbonyl (C=O) groups excluding carboxylic acids is 1. The molecule has 0 aromatic heterocycles. The van der Waals surface area contributed by atoms with Crippen molar-refractivity contribution in [3.8, 4) is 28.7 Å². The molecule has 0 fully saturated rings. The number of nitrogens with zero attached hydrogens (tertiary/aromatic N) is 1. The van der Waals surface area contributed by atoms with E-state index in [1.807, 2.05) is 19.9 Å². The molecule has 0 heterocycles. The first-order valence-corrected chi connectivity index (χ1v) is 13.6. The normalized spacial score (nSPS) is 11.2. The van der Waals surface area contributed by atoms with E-state index in [0.29, 0.717) is 23.4 Å². The monoisotopic (exact) mass is 543 g/mol. The molecule has 4 aromatic carbocycles. The molecule has 0 unspecified atom stereocenters. The second kappa shape index (κ2) is 11.9. The zero-order chi connectivity index (χ0) is 28.0. The van der Waals surface area contributed by atoms with Gasteiger partial charge in [0.25, 0.3) is 5.91 Å². The van der Waals surface area contributed by atoms with Crippen LogP contribution in [0.3, 0.4) is 0 Å². The quantitative estimate of drug-likeness (QED) is 0.256. The molecule has 4 rings (SSSR count). The Hall–Kier alpha value is -4.52. The van der Waals surface area contributed by atoms with Crippen molar-refractivity contribution in [3.05, 3.63) is 108 Å². The molecule has 0 bridgehead atoms. The third-order valence-corrected chi connectivity index (χ3v) is 7.15. The van der Waals surface area contributed by atoms with Crippen molar-refractivity contribution >= 4 is 21.6 Å². The van der Waals surface area contributed by atoms with Crippen LogP contribution < -0.4 is 14.8 Å². The highest BCUT2D eigenvalue weighted by Crippen LogP contribution is 2.31. The van der Waals surface area contributed by atoms with Gasteiger partial charge in [0.1, 0.15) is 11.6 Å². The minimum atomic E-state index is -3.59. The molecule has 2 N–H and O–H groups in total. The Kier molecular flexibility index (Phi) is 8.39. The second-order valence-corrected chi connectivity index (χ2v) is 11.0. The van der Waals surface area contributed by atoms with Gasteiger partial charge in [-0.15, -0.1) is 0 Å². The summed E-state index contributed by atoms with van der Waals surface area (Å²) >= 11 is 0. The third kappa shape index (κ3) is 7.08. The molecular weight excluding hydrogens is 517 g/mol. The molecule has 39 heavy (non-hydrogen) atoms. The standard InChI is InChI=1S/C30H26FN3O4S/c1-20(2)19-33-39(36,37)27-13-10-23(11-14-27)22-6-8-24(9-7-22)30(35)34-28-17-25(31)12-15-29(28)38-26-5-3-4-21(16-26)18-32/h3-17,20,33H,19H2,1-2H3,(H,34,35). The van der Waals surface area contributed by atoms with Crippen LogP contribution in [0.5, 0.6) is 11.5 Å². The summed E-state index contributed by atoms with van der Waals surface area (Å²) in [4.78, 5) is 13.1. The number of benzene rings is 4. The first-order valence-electron chi connectivity index (χ1n) is 12.1. The maximum atomic E-state index is 14.0. The Labute approximate surface area is 226 Å². The predicted octanol–water partition coefficient (Wildman–Crippen LogP) is 6.34. The number of amides is 1. The van der Waals surface area contributed by atoms with Gasteiger partial charge in [-0.25, -0.2) is 17.5 Å². The summed E-state index contributed by atoms with van der Waals surface area (Å²) < 4.78 is 47.2. The lowest BCUT2D eigenvalue weighted by molar-refractivity contribution is 0.102. The van der Waals surface area contributed by atoms with E-state index < -0.39 is 21.7 Å². The van der Waals surface area contributed by atoms with Gasteiger partial charge in [-0.1, -0.05) is 44.2 Å². The number of ether oxygens (including phenoxy) is 1. The molecule has 0 saturated heterocycles. The molecule has 4 aromatic rings. The first-order chi connectivity index (χ1) is 18.6. The highest BCUT2D eigenvalue weighted by molar-refractivity contribution is 7.89. The highest BCUT2D eigenvalue weighted by atomic mass is 32.2. The lowest BCUT2D eigenvalue weighted by atomic mass is 10.0. The van der Waals surface area contributed by atoms with Crippen LogP contribution in [0.1, 0.15) is 29.8 Å². The summed E-state index contributed by atoms with van der Waals surface area (Å²) in [5.74, 6) is -0.246. The predicted molar refractivity (Wildman–Crippen MR) is 147 cm³/mol. The Morgan fingerprint density at radius 3 is 2.26 bits per heavy atom. The third-order valence-electron chi connectivity index (χ3n) is 5.71. The van der Waals surface area contributed by atoms with Crippen LogP contribution in [0.4, 0.5) is 10.1 Å². The molecule has 0 spiro atoms. The molecule has 1 amide bonds. The molecule has 9 heteroatoms. The van der Waals surface area contributed by atoms with Gasteiger partial charge in [0.05, 0.1) is 22.2 Å². The van der Waals surface area contributed by atoms with Crippen molar-refractivity contribution in [3.63, 3.8) is 0 Å². The summed E-state index contributed by atoms with van der Waals surface area (Å²) in [6, 6.07) is 25.5. The number of nitrogens with one attached hydrogen (secondary N) is 2. The van der Waals surface area contributed by atoms with Crippen molar-refractivity contribution in [2.75, 3.05) is 11.9 Å². The molecular formula is C30H26FN3O4S. The van der Waals surface area contributed by atoms with Gasteiger partial charge in [-0.2, -0.15) is 5.26 Å². The van der Waals surface area contributed by atoms with Crippen LogP contribution >= 0.6 is 0 Å². The average molecular weight is 544 g/mol. The van der Waals surface area contributed by atoms with E-state index in [4.69, 9.17) is 10.00 Å². The van der Waals surface area contributed by atoms with Gasteiger partial charge in [0.2, 0.25) is 10.0 Å². The van der Waals surface area contributed by atoms with E-state index in [2.05, 4.69) is 10.0 Å². The van der Waals surface area contributed by atoms with Gasteiger partial charge in [0.15, 0.2) is 5.75 Å².